The third-order valence-electron chi connectivity index (χ3n) is 5.29. The number of rotatable bonds is 6. The minimum absolute atomic E-state index is 0.372. The maximum atomic E-state index is 12.7. The van der Waals surface area contributed by atoms with Crippen LogP contribution in [0.2, 0.25) is 5.02 Å². The van der Waals surface area contributed by atoms with E-state index in [2.05, 4.69) is 13.8 Å². The Morgan fingerprint density at radius 1 is 0.903 bits per heavy atom. The average Bonchev–Trinajstić information content (AvgIpc) is 2.79. The summed E-state index contributed by atoms with van der Waals surface area (Å²) in [7, 11) is 2.67. The number of carbonyl (C=O) groups is 2. The van der Waals surface area contributed by atoms with Crippen molar-refractivity contribution in [3.63, 3.8) is 0 Å². The Kier molecular flexibility index (Phi) is 7.18. The van der Waals surface area contributed by atoms with Gasteiger partial charge in [-0.1, -0.05) is 61.8 Å². The van der Waals surface area contributed by atoms with E-state index in [0.29, 0.717) is 28.6 Å². The number of carbonyl (C=O) groups excluding carboxylic acids is 2. The molecule has 2 aromatic rings. The van der Waals surface area contributed by atoms with Crippen LogP contribution in [0.5, 0.6) is 0 Å². The maximum absolute atomic E-state index is 12.7. The van der Waals surface area contributed by atoms with E-state index in [0.717, 1.165) is 11.1 Å². The number of halogens is 1. The van der Waals surface area contributed by atoms with E-state index < -0.39 is 17.9 Å². The molecule has 3 rings (SSSR count). The van der Waals surface area contributed by atoms with Crippen LogP contribution in [0.4, 0.5) is 0 Å². The third-order valence-corrected chi connectivity index (χ3v) is 5.54. The summed E-state index contributed by atoms with van der Waals surface area (Å²) in [6.45, 7) is 4.69. The first kappa shape index (κ1) is 22.6. The normalized spacial score (nSPS) is 14.2. The topological polar surface area (TPSA) is 55.8 Å². The smallest absolute Gasteiger partial charge is 0.336 e. The number of esters is 2. The Balaban J connectivity index is 2.04. The van der Waals surface area contributed by atoms with Crippen LogP contribution in [0, 0.1) is 0 Å². The quantitative estimate of drug-likeness (QED) is 0.580. The van der Waals surface area contributed by atoms with Gasteiger partial charge in [0.25, 0.3) is 0 Å². The average molecular weight is 440 g/mol. The summed E-state index contributed by atoms with van der Waals surface area (Å²) in [5, 5.41) is 0.642. The summed E-state index contributed by atoms with van der Waals surface area (Å²) in [4.78, 5) is 27.2. The predicted molar refractivity (Wildman–Crippen MR) is 120 cm³/mol. The fourth-order valence-electron chi connectivity index (χ4n) is 3.61. The Bertz CT molecular complexity index is 973. The van der Waals surface area contributed by atoms with Crippen LogP contribution in [0.15, 0.2) is 72.1 Å². The van der Waals surface area contributed by atoms with Gasteiger partial charge in [-0.25, -0.2) is 9.59 Å². The lowest BCUT2D eigenvalue weighted by molar-refractivity contribution is -0.137. The monoisotopic (exact) mass is 439 g/mol. The van der Waals surface area contributed by atoms with Crippen LogP contribution in [0.25, 0.3) is 0 Å². The molecule has 162 valence electrons. The molecule has 1 aliphatic heterocycles. The molecule has 0 aromatic heterocycles. The molecule has 5 nitrogen and oxygen atoms in total. The van der Waals surface area contributed by atoms with Gasteiger partial charge in [-0.05, 0) is 34.7 Å². The van der Waals surface area contributed by atoms with Crippen molar-refractivity contribution in [3.8, 4) is 0 Å². The highest BCUT2D eigenvalue weighted by Crippen LogP contribution is 2.38. The molecule has 31 heavy (non-hydrogen) atoms. The lowest BCUT2D eigenvalue weighted by atomic mass is 9.82. The Morgan fingerprint density at radius 2 is 1.42 bits per heavy atom. The molecule has 2 aromatic carbocycles. The van der Waals surface area contributed by atoms with Gasteiger partial charge in [-0.2, -0.15) is 0 Å². The zero-order valence-electron chi connectivity index (χ0n) is 18.1. The first-order chi connectivity index (χ1) is 14.8. The molecule has 0 saturated carbocycles. The molecule has 0 saturated heterocycles. The fraction of sp³-hybridized carbons (Fsp3) is 0.280. The van der Waals surface area contributed by atoms with Crippen molar-refractivity contribution < 1.29 is 19.1 Å². The van der Waals surface area contributed by atoms with E-state index in [4.69, 9.17) is 21.1 Å². The Hall–Kier alpha value is -3.05. The minimum atomic E-state index is -0.581. The van der Waals surface area contributed by atoms with Crippen molar-refractivity contribution >= 4 is 23.5 Å². The zero-order chi connectivity index (χ0) is 22.5. The minimum Gasteiger partial charge on any atom is -0.466 e. The highest BCUT2D eigenvalue weighted by atomic mass is 35.5. The molecular formula is C25H26ClNO4. The largest absolute Gasteiger partial charge is 0.466 e. The van der Waals surface area contributed by atoms with E-state index >= 15 is 0 Å². The van der Waals surface area contributed by atoms with Crippen LogP contribution < -0.4 is 0 Å². The molecule has 6 heteroatoms. The number of benzene rings is 2. The predicted octanol–water partition coefficient (Wildman–Crippen LogP) is 5.18. The van der Waals surface area contributed by atoms with Crippen molar-refractivity contribution in [3.05, 3.63) is 93.8 Å². The van der Waals surface area contributed by atoms with Gasteiger partial charge in [0.2, 0.25) is 0 Å². The number of methoxy groups -OCH3 is 2. The van der Waals surface area contributed by atoms with E-state index in [9.17, 15) is 9.59 Å². The summed E-state index contributed by atoms with van der Waals surface area (Å²) in [5.41, 5.74) is 3.72. The van der Waals surface area contributed by atoms with E-state index in [1.54, 1.807) is 29.4 Å². The van der Waals surface area contributed by atoms with E-state index in [-0.39, 0.29) is 0 Å². The van der Waals surface area contributed by atoms with Crippen molar-refractivity contribution in [1.82, 2.24) is 4.90 Å². The molecular weight excluding hydrogens is 414 g/mol. The number of ether oxygens (including phenoxy) is 2. The molecule has 1 heterocycles. The van der Waals surface area contributed by atoms with Gasteiger partial charge in [0.05, 0.1) is 31.3 Å². The fourth-order valence-corrected chi connectivity index (χ4v) is 3.74. The van der Waals surface area contributed by atoms with Gasteiger partial charge in [0.1, 0.15) is 0 Å². The molecule has 0 atom stereocenters. The summed E-state index contributed by atoms with van der Waals surface area (Å²) in [6, 6.07) is 15.3. The van der Waals surface area contributed by atoms with Gasteiger partial charge in [0.15, 0.2) is 0 Å². The van der Waals surface area contributed by atoms with Gasteiger partial charge < -0.3 is 14.4 Å². The summed E-state index contributed by atoms with van der Waals surface area (Å²) in [5.74, 6) is -1.19. The highest BCUT2D eigenvalue weighted by Gasteiger charge is 2.35. The summed E-state index contributed by atoms with van der Waals surface area (Å²) < 4.78 is 10.1. The zero-order valence-corrected chi connectivity index (χ0v) is 18.8. The highest BCUT2D eigenvalue weighted by molar-refractivity contribution is 6.30. The third kappa shape index (κ3) is 5.17. The molecule has 1 aliphatic rings. The van der Waals surface area contributed by atoms with Crippen molar-refractivity contribution in [2.45, 2.75) is 32.2 Å². The maximum Gasteiger partial charge on any atom is 0.336 e. The first-order valence-corrected chi connectivity index (χ1v) is 10.4. The molecule has 0 fully saturated rings. The van der Waals surface area contributed by atoms with Crippen molar-refractivity contribution in [1.29, 1.82) is 0 Å². The van der Waals surface area contributed by atoms with Crippen molar-refractivity contribution in [2.24, 2.45) is 0 Å². The van der Waals surface area contributed by atoms with Gasteiger partial charge in [-0.15, -0.1) is 0 Å². The number of nitrogens with zero attached hydrogens (tertiary/aromatic N) is 1. The van der Waals surface area contributed by atoms with Gasteiger partial charge >= 0.3 is 11.9 Å². The van der Waals surface area contributed by atoms with E-state index in [1.165, 1.54) is 19.8 Å². The lowest BCUT2D eigenvalue weighted by Crippen LogP contribution is -2.28. The summed E-state index contributed by atoms with van der Waals surface area (Å²) in [6.07, 6.45) is 3.46. The van der Waals surface area contributed by atoms with Gasteiger partial charge in [-0.3, -0.25) is 0 Å². The SMILES string of the molecule is COC(=O)C1=CN(Cc2ccc(Cl)cc2)C=C(C(=O)OC)C1c1ccc(C(C)C)cc1. The van der Waals surface area contributed by atoms with Crippen LogP contribution >= 0.6 is 11.6 Å². The number of hydrogen-bond acceptors (Lipinski definition) is 5. The van der Waals surface area contributed by atoms with E-state index in [1.807, 2.05) is 36.4 Å². The second-order valence-electron chi connectivity index (χ2n) is 7.71. The van der Waals surface area contributed by atoms with Crippen molar-refractivity contribution in [2.75, 3.05) is 14.2 Å². The van der Waals surface area contributed by atoms with Crippen LogP contribution in [-0.4, -0.2) is 31.1 Å². The van der Waals surface area contributed by atoms with Crippen LogP contribution in [-0.2, 0) is 25.6 Å². The summed E-state index contributed by atoms with van der Waals surface area (Å²) >= 11 is 5.98. The van der Waals surface area contributed by atoms with Crippen LogP contribution in [0.3, 0.4) is 0 Å². The van der Waals surface area contributed by atoms with Gasteiger partial charge in [0, 0.05) is 24.0 Å². The molecule has 0 bridgehead atoms. The molecule has 0 spiro atoms. The number of hydrogen-bond donors (Lipinski definition) is 0. The standard InChI is InChI=1S/C25H26ClNO4/c1-16(2)18-7-9-19(10-8-18)23-21(24(28)30-3)14-27(15-22(23)25(29)31-4)13-17-5-11-20(26)12-6-17/h5-12,14-16,23H,13H2,1-4H3. The first-order valence-electron chi connectivity index (χ1n) is 10.0. The molecule has 0 N–H and O–H groups in total. The Morgan fingerprint density at radius 3 is 1.87 bits per heavy atom. The second kappa shape index (κ2) is 9.84. The Labute approximate surface area is 187 Å². The molecule has 0 amide bonds. The molecule has 0 aliphatic carbocycles. The van der Waals surface area contributed by atoms with Crippen LogP contribution in [0.1, 0.15) is 42.4 Å². The molecule has 0 unspecified atom stereocenters. The second-order valence-corrected chi connectivity index (χ2v) is 8.14. The molecule has 0 radical (unpaired) electrons. The lowest BCUT2D eigenvalue weighted by Gasteiger charge is -2.30.